The van der Waals surface area contributed by atoms with Gasteiger partial charge in [0.05, 0.1) is 6.21 Å². The van der Waals surface area contributed by atoms with Gasteiger partial charge in [0, 0.05) is 10.0 Å². The fraction of sp³-hybridized carbons (Fsp3) is 0.111. The molecule has 1 amide bonds. The minimum atomic E-state index is -0.348. The molecule has 0 fully saturated rings. The van der Waals surface area contributed by atoms with Crippen LogP contribution in [0.2, 0.25) is 0 Å². The first-order chi connectivity index (χ1) is 11.7. The van der Waals surface area contributed by atoms with E-state index < -0.39 is 0 Å². The van der Waals surface area contributed by atoms with Crippen LogP contribution in [0.1, 0.15) is 5.56 Å². The molecule has 0 bridgehead atoms. The number of hydrogen-bond donors (Lipinski definition) is 1. The lowest BCUT2D eigenvalue weighted by atomic mass is 10.2. The molecule has 0 unspecified atom stereocenters. The number of carbonyl (C=O) groups excluding carboxylic acids is 1. The van der Waals surface area contributed by atoms with Crippen molar-refractivity contribution in [2.75, 3.05) is 13.2 Å². The van der Waals surface area contributed by atoms with Crippen LogP contribution in [0.5, 0.6) is 11.5 Å². The molecule has 2 rings (SSSR count). The molecular formula is C18H17BrN2O3. The lowest BCUT2D eigenvalue weighted by molar-refractivity contribution is -0.123. The number of carbonyl (C=O) groups is 1. The number of amides is 1. The molecule has 0 saturated heterocycles. The van der Waals surface area contributed by atoms with Gasteiger partial charge in [-0.15, -0.1) is 0 Å². The van der Waals surface area contributed by atoms with Crippen molar-refractivity contribution < 1.29 is 14.3 Å². The van der Waals surface area contributed by atoms with Crippen LogP contribution >= 0.6 is 15.9 Å². The van der Waals surface area contributed by atoms with Gasteiger partial charge < -0.3 is 9.47 Å². The number of nitrogens with one attached hydrogen (secondary N) is 1. The third kappa shape index (κ3) is 5.89. The van der Waals surface area contributed by atoms with Crippen LogP contribution in [0, 0.1) is 0 Å². The topological polar surface area (TPSA) is 59.9 Å². The smallest absolute Gasteiger partial charge is 0.277 e. The van der Waals surface area contributed by atoms with Gasteiger partial charge in [0.1, 0.15) is 18.1 Å². The number of ether oxygens (including phenoxy) is 2. The van der Waals surface area contributed by atoms with E-state index in [0.717, 1.165) is 10.0 Å². The highest BCUT2D eigenvalue weighted by atomic mass is 79.9. The maximum absolute atomic E-state index is 11.7. The van der Waals surface area contributed by atoms with Crippen molar-refractivity contribution in [1.29, 1.82) is 0 Å². The molecule has 0 aliphatic heterocycles. The molecular weight excluding hydrogens is 372 g/mol. The van der Waals surface area contributed by atoms with Crippen molar-refractivity contribution >= 4 is 28.1 Å². The zero-order chi connectivity index (χ0) is 17.2. The minimum Gasteiger partial charge on any atom is -0.489 e. The van der Waals surface area contributed by atoms with Crippen molar-refractivity contribution in [3.8, 4) is 11.5 Å². The largest absolute Gasteiger partial charge is 0.489 e. The molecule has 0 heterocycles. The lowest BCUT2D eigenvalue weighted by Crippen LogP contribution is -2.24. The molecule has 0 aliphatic rings. The van der Waals surface area contributed by atoms with E-state index in [1.807, 2.05) is 36.4 Å². The molecule has 0 aromatic heterocycles. The standard InChI is InChI=1S/C18H17BrN2O3/c1-2-10-23-17-9-8-15(19)11-14(17)12-20-21-18(22)13-24-16-6-4-3-5-7-16/h2-9,11-12H,1,10,13H2,(H,21,22). The Morgan fingerprint density at radius 3 is 2.75 bits per heavy atom. The number of para-hydroxylation sites is 1. The van der Waals surface area contributed by atoms with Crippen LogP contribution in [-0.4, -0.2) is 25.3 Å². The number of hydrogen-bond acceptors (Lipinski definition) is 4. The average molecular weight is 389 g/mol. The number of rotatable bonds is 8. The highest BCUT2D eigenvalue weighted by Gasteiger charge is 2.04. The molecule has 0 radical (unpaired) electrons. The molecule has 2 aromatic rings. The second-order valence-corrected chi connectivity index (χ2v) is 5.59. The molecule has 0 saturated carbocycles. The van der Waals surface area contributed by atoms with Crippen LogP contribution in [0.25, 0.3) is 0 Å². The fourth-order valence-electron chi connectivity index (χ4n) is 1.77. The second kappa shape index (κ2) is 9.52. The molecule has 0 atom stereocenters. The molecule has 24 heavy (non-hydrogen) atoms. The average Bonchev–Trinajstić information content (AvgIpc) is 2.60. The van der Waals surface area contributed by atoms with Crippen molar-refractivity contribution in [2.24, 2.45) is 5.10 Å². The third-order valence-electron chi connectivity index (χ3n) is 2.83. The summed E-state index contributed by atoms with van der Waals surface area (Å²) in [5.74, 6) is 0.930. The normalized spacial score (nSPS) is 10.4. The summed E-state index contributed by atoms with van der Waals surface area (Å²) in [5, 5.41) is 3.93. The van der Waals surface area contributed by atoms with E-state index >= 15 is 0 Å². The first-order valence-corrected chi connectivity index (χ1v) is 8.01. The zero-order valence-corrected chi connectivity index (χ0v) is 14.5. The van der Waals surface area contributed by atoms with E-state index in [9.17, 15) is 4.79 Å². The number of hydrazone groups is 1. The van der Waals surface area contributed by atoms with Gasteiger partial charge in [-0.1, -0.05) is 46.8 Å². The number of halogens is 1. The summed E-state index contributed by atoms with van der Waals surface area (Å²) in [4.78, 5) is 11.7. The fourth-order valence-corrected chi connectivity index (χ4v) is 2.15. The van der Waals surface area contributed by atoms with Gasteiger partial charge in [-0.3, -0.25) is 4.79 Å². The van der Waals surface area contributed by atoms with E-state index in [0.29, 0.717) is 18.1 Å². The highest BCUT2D eigenvalue weighted by molar-refractivity contribution is 9.10. The van der Waals surface area contributed by atoms with Crippen LogP contribution in [0.3, 0.4) is 0 Å². The number of nitrogens with zero attached hydrogens (tertiary/aromatic N) is 1. The SMILES string of the molecule is C=CCOc1ccc(Br)cc1C=NNC(=O)COc1ccccc1. The molecule has 124 valence electrons. The Morgan fingerprint density at radius 1 is 1.21 bits per heavy atom. The van der Waals surface area contributed by atoms with Gasteiger partial charge >= 0.3 is 0 Å². The summed E-state index contributed by atoms with van der Waals surface area (Å²) >= 11 is 3.39. The van der Waals surface area contributed by atoms with Gasteiger partial charge in [-0.25, -0.2) is 5.43 Å². The zero-order valence-electron chi connectivity index (χ0n) is 12.9. The third-order valence-corrected chi connectivity index (χ3v) is 3.33. The first kappa shape index (κ1) is 17.7. The van der Waals surface area contributed by atoms with Gasteiger partial charge in [-0.2, -0.15) is 5.10 Å². The van der Waals surface area contributed by atoms with E-state index in [-0.39, 0.29) is 12.5 Å². The van der Waals surface area contributed by atoms with Gasteiger partial charge in [-0.05, 0) is 30.3 Å². The Kier molecular flexibility index (Phi) is 7.04. The molecule has 0 spiro atoms. The van der Waals surface area contributed by atoms with Gasteiger partial charge in [0.15, 0.2) is 6.61 Å². The van der Waals surface area contributed by atoms with Crippen LogP contribution in [0.4, 0.5) is 0 Å². The Balaban J connectivity index is 1.89. The summed E-state index contributed by atoms with van der Waals surface area (Å²) in [6, 6.07) is 14.6. The second-order valence-electron chi connectivity index (χ2n) is 4.68. The van der Waals surface area contributed by atoms with Crippen molar-refractivity contribution in [2.45, 2.75) is 0 Å². The molecule has 2 aromatic carbocycles. The lowest BCUT2D eigenvalue weighted by Gasteiger charge is -2.07. The van der Waals surface area contributed by atoms with Crippen molar-refractivity contribution in [3.63, 3.8) is 0 Å². The number of benzene rings is 2. The Hall–Kier alpha value is -2.60. The first-order valence-electron chi connectivity index (χ1n) is 7.22. The van der Waals surface area contributed by atoms with E-state index in [2.05, 4.69) is 33.0 Å². The van der Waals surface area contributed by atoms with Gasteiger partial charge in [0.2, 0.25) is 0 Å². The Morgan fingerprint density at radius 2 is 2.00 bits per heavy atom. The molecule has 6 heteroatoms. The molecule has 1 N–H and O–H groups in total. The molecule has 5 nitrogen and oxygen atoms in total. The van der Waals surface area contributed by atoms with Crippen molar-refractivity contribution in [1.82, 2.24) is 5.43 Å². The summed E-state index contributed by atoms with van der Waals surface area (Å²) < 4.78 is 11.8. The van der Waals surface area contributed by atoms with E-state index in [1.54, 1.807) is 18.2 Å². The van der Waals surface area contributed by atoms with Crippen LogP contribution < -0.4 is 14.9 Å². The Bertz CT molecular complexity index is 717. The van der Waals surface area contributed by atoms with E-state index in [4.69, 9.17) is 9.47 Å². The summed E-state index contributed by atoms with van der Waals surface area (Å²) in [6.45, 7) is 3.89. The van der Waals surface area contributed by atoms with Crippen LogP contribution in [0.15, 0.2) is 70.8 Å². The summed E-state index contributed by atoms with van der Waals surface area (Å²) in [7, 11) is 0. The highest BCUT2D eigenvalue weighted by Crippen LogP contribution is 2.21. The van der Waals surface area contributed by atoms with E-state index in [1.165, 1.54) is 6.21 Å². The monoisotopic (exact) mass is 388 g/mol. The summed E-state index contributed by atoms with van der Waals surface area (Å²) in [6.07, 6.45) is 3.18. The molecule has 0 aliphatic carbocycles. The predicted octanol–water partition coefficient (Wildman–Crippen LogP) is 3.54. The maximum atomic E-state index is 11.7. The maximum Gasteiger partial charge on any atom is 0.277 e. The predicted molar refractivity (Wildman–Crippen MR) is 97.5 cm³/mol. The van der Waals surface area contributed by atoms with Crippen LogP contribution in [-0.2, 0) is 4.79 Å². The van der Waals surface area contributed by atoms with Gasteiger partial charge in [0.25, 0.3) is 5.91 Å². The quantitative estimate of drug-likeness (QED) is 0.427. The summed E-state index contributed by atoms with van der Waals surface area (Å²) in [5.41, 5.74) is 3.15. The minimum absolute atomic E-state index is 0.111. The Labute approximate surface area is 149 Å². The van der Waals surface area contributed by atoms with Crippen molar-refractivity contribution in [3.05, 3.63) is 71.2 Å².